The van der Waals surface area contributed by atoms with Crippen molar-refractivity contribution in [3.05, 3.63) is 30.1 Å². The molecule has 1 aromatic heterocycles. The van der Waals surface area contributed by atoms with Crippen LogP contribution in [0.15, 0.2) is 24.5 Å². The van der Waals surface area contributed by atoms with Crippen molar-refractivity contribution >= 4 is 11.8 Å². The van der Waals surface area contributed by atoms with Gasteiger partial charge in [-0.05, 0) is 12.1 Å². The highest BCUT2D eigenvalue weighted by Gasteiger charge is 2.24. The third-order valence-corrected chi connectivity index (χ3v) is 3.06. The van der Waals surface area contributed by atoms with Gasteiger partial charge in [0.15, 0.2) is 0 Å². The van der Waals surface area contributed by atoms with Crippen LogP contribution >= 0.6 is 0 Å². The zero-order valence-corrected chi connectivity index (χ0v) is 10.5. The maximum Gasteiger partial charge on any atom is 0.255 e. The van der Waals surface area contributed by atoms with E-state index < -0.39 is 0 Å². The molecule has 1 fully saturated rings. The number of amides is 2. The fourth-order valence-corrected chi connectivity index (χ4v) is 2.01. The molecule has 0 unspecified atom stereocenters. The van der Waals surface area contributed by atoms with Crippen molar-refractivity contribution in [3.8, 4) is 6.07 Å². The lowest BCUT2D eigenvalue weighted by atomic mass is 10.2. The van der Waals surface area contributed by atoms with Gasteiger partial charge in [-0.3, -0.25) is 14.6 Å². The van der Waals surface area contributed by atoms with Crippen molar-refractivity contribution in [3.63, 3.8) is 0 Å². The second kappa shape index (κ2) is 5.96. The standard InChI is InChI=1S/C13H14N4O2/c14-4-3-12(18)16-6-8-17(9-7-16)13(19)11-2-1-5-15-10-11/h1-2,5,10H,3,6-9H2. The number of hydrogen-bond donors (Lipinski definition) is 0. The minimum Gasteiger partial charge on any atom is -0.338 e. The maximum atomic E-state index is 12.1. The van der Waals surface area contributed by atoms with Crippen molar-refractivity contribution in [1.29, 1.82) is 5.26 Å². The van der Waals surface area contributed by atoms with E-state index in [1.165, 1.54) is 6.20 Å². The molecule has 19 heavy (non-hydrogen) atoms. The zero-order valence-electron chi connectivity index (χ0n) is 10.5. The van der Waals surface area contributed by atoms with Crippen molar-refractivity contribution < 1.29 is 9.59 Å². The van der Waals surface area contributed by atoms with Gasteiger partial charge >= 0.3 is 0 Å². The Bertz CT molecular complexity index is 501. The van der Waals surface area contributed by atoms with Crippen LogP contribution in [-0.4, -0.2) is 52.8 Å². The van der Waals surface area contributed by atoms with Crippen molar-refractivity contribution in [1.82, 2.24) is 14.8 Å². The Morgan fingerprint density at radius 1 is 1.26 bits per heavy atom. The van der Waals surface area contributed by atoms with Gasteiger partial charge in [0.05, 0.1) is 11.6 Å². The monoisotopic (exact) mass is 258 g/mol. The molecule has 0 saturated carbocycles. The first kappa shape index (κ1) is 13.0. The quantitative estimate of drug-likeness (QED) is 0.763. The summed E-state index contributed by atoms with van der Waals surface area (Å²) < 4.78 is 0. The minimum atomic E-state index is -0.170. The van der Waals surface area contributed by atoms with E-state index in [2.05, 4.69) is 4.98 Å². The van der Waals surface area contributed by atoms with Gasteiger partial charge in [0.25, 0.3) is 5.91 Å². The second-order valence-electron chi connectivity index (χ2n) is 4.25. The SMILES string of the molecule is N#CCC(=O)N1CCN(C(=O)c2cccnc2)CC1. The molecule has 98 valence electrons. The number of carbonyl (C=O) groups excluding carboxylic acids is 2. The fourth-order valence-electron chi connectivity index (χ4n) is 2.01. The summed E-state index contributed by atoms with van der Waals surface area (Å²) in [6, 6.07) is 5.29. The normalized spacial score (nSPS) is 14.9. The van der Waals surface area contributed by atoms with E-state index in [-0.39, 0.29) is 18.2 Å². The molecule has 1 aromatic rings. The van der Waals surface area contributed by atoms with Gasteiger partial charge in [0, 0.05) is 38.6 Å². The number of aromatic nitrogens is 1. The third-order valence-electron chi connectivity index (χ3n) is 3.06. The molecule has 0 N–H and O–H groups in total. The van der Waals surface area contributed by atoms with E-state index >= 15 is 0 Å². The van der Waals surface area contributed by atoms with Crippen LogP contribution in [0, 0.1) is 11.3 Å². The Hall–Kier alpha value is -2.42. The maximum absolute atomic E-state index is 12.1. The van der Waals surface area contributed by atoms with Gasteiger partial charge in [-0.25, -0.2) is 0 Å². The van der Waals surface area contributed by atoms with Gasteiger partial charge in [0.2, 0.25) is 5.91 Å². The highest BCUT2D eigenvalue weighted by atomic mass is 16.2. The number of hydrogen-bond acceptors (Lipinski definition) is 4. The van der Waals surface area contributed by atoms with Crippen molar-refractivity contribution in [2.24, 2.45) is 0 Å². The van der Waals surface area contributed by atoms with Gasteiger partial charge in [-0.15, -0.1) is 0 Å². The summed E-state index contributed by atoms with van der Waals surface area (Å²) >= 11 is 0. The highest BCUT2D eigenvalue weighted by molar-refractivity contribution is 5.94. The van der Waals surface area contributed by atoms with Gasteiger partial charge in [0.1, 0.15) is 6.42 Å². The van der Waals surface area contributed by atoms with Crippen molar-refractivity contribution in [2.45, 2.75) is 6.42 Å². The average molecular weight is 258 g/mol. The van der Waals surface area contributed by atoms with Crippen LogP contribution in [0.3, 0.4) is 0 Å². The summed E-state index contributed by atoms with van der Waals surface area (Å²) in [5.41, 5.74) is 0.555. The van der Waals surface area contributed by atoms with Crippen LogP contribution in [0.1, 0.15) is 16.8 Å². The third kappa shape index (κ3) is 3.07. The Kier molecular flexibility index (Phi) is 4.08. The van der Waals surface area contributed by atoms with Crippen LogP contribution in [0.5, 0.6) is 0 Å². The zero-order chi connectivity index (χ0) is 13.7. The summed E-state index contributed by atoms with van der Waals surface area (Å²) in [5.74, 6) is -0.239. The summed E-state index contributed by atoms with van der Waals surface area (Å²) in [5, 5.41) is 8.49. The lowest BCUT2D eigenvalue weighted by Crippen LogP contribution is -2.50. The fraction of sp³-hybridized carbons (Fsp3) is 0.385. The first-order valence-electron chi connectivity index (χ1n) is 6.06. The summed E-state index contributed by atoms with van der Waals surface area (Å²) in [7, 11) is 0. The minimum absolute atomic E-state index is 0.0690. The average Bonchev–Trinajstić information content (AvgIpc) is 2.48. The van der Waals surface area contributed by atoms with Crippen LogP contribution in [0.25, 0.3) is 0 Å². The highest BCUT2D eigenvalue weighted by Crippen LogP contribution is 2.08. The number of pyridine rings is 1. The lowest BCUT2D eigenvalue weighted by Gasteiger charge is -2.34. The molecule has 0 spiro atoms. The molecule has 1 aliphatic heterocycles. The molecule has 1 saturated heterocycles. The molecule has 2 rings (SSSR count). The topological polar surface area (TPSA) is 77.3 Å². The van der Waals surface area contributed by atoms with E-state index in [0.29, 0.717) is 31.7 Å². The molecule has 6 heteroatoms. The molecular formula is C13H14N4O2. The van der Waals surface area contributed by atoms with Gasteiger partial charge in [-0.2, -0.15) is 5.26 Å². The Labute approximate surface area is 111 Å². The van der Waals surface area contributed by atoms with Crippen LogP contribution in [-0.2, 0) is 4.79 Å². The summed E-state index contributed by atoms with van der Waals surface area (Å²) in [6.07, 6.45) is 3.06. The van der Waals surface area contributed by atoms with Crippen LogP contribution < -0.4 is 0 Å². The molecule has 0 aromatic carbocycles. The first-order valence-corrected chi connectivity index (χ1v) is 6.06. The second-order valence-corrected chi connectivity index (χ2v) is 4.25. The van der Waals surface area contributed by atoms with E-state index in [1.54, 1.807) is 28.1 Å². The molecule has 2 heterocycles. The number of rotatable bonds is 2. The largest absolute Gasteiger partial charge is 0.338 e. The summed E-state index contributed by atoms with van der Waals surface area (Å²) in [4.78, 5) is 30.9. The molecule has 1 aliphatic rings. The van der Waals surface area contributed by atoms with E-state index in [4.69, 9.17) is 5.26 Å². The molecular weight excluding hydrogens is 244 g/mol. The van der Waals surface area contributed by atoms with Gasteiger partial charge < -0.3 is 9.80 Å². The smallest absolute Gasteiger partial charge is 0.255 e. The van der Waals surface area contributed by atoms with E-state index in [1.807, 2.05) is 6.07 Å². The molecule has 0 bridgehead atoms. The predicted molar refractivity (Wildman–Crippen MR) is 67.0 cm³/mol. The molecule has 0 atom stereocenters. The number of piperazine rings is 1. The summed E-state index contributed by atoms with van der Waals surface area (Å²) in [6.45, 7) is 1.94. The van der Waals surface area contributed by atoms with Crippen LogP contribution in [0.4, 0.5) is 0 Å². The van der Waals surface area contributed by atoms with Gasteiger partial charge in [-0.1, -0.05) is 0 Å². The molecule has 2 amide bonds. The van der Waals surface area contributed by atoms with E-state index in [9.17, 15) is 9.59 Å². The number of nitrogens with zero attached hydrogens (tertiary/aromatic N) is 4. The molecule has 0 radical (unpaired) electrons. The molecule has 6 nitrogen and oxygen atoms in total. The lowest BCUT2D eigenvalue weighted by molar-refractivity contribution is -0.131. The predicted octanol–water partition coefficient (Wildman–Crippen LogP) is 0.280. The number of carbonyl (C=O) groups is 2. The Balaban J connectivity index is 1.92. The Morgan fingerprint density at radius 2 is 1.95 bits per heavy atom. The van der Waals surface area contributed by atoms with E-state index in [0.717, 1.165) is 0 Å². The molecule has 0 aliphatic carbocycles. The number of nitriles is 1. The van der Waals surface area contributed by atoms with Crippen LogP contribution in [0.2, 0.25) is 0 Å². The Morgan fingerprint density at radius 3 is 2.53 bits per heavy atom. The van der Waals surface area contributed by atoms with Crippen molar-refractivity contribution in [2.75, 3.05) is 26.2 Å². The first-order chi connectivity index (χ1) is 9.22.